The second-order valence-corrected chi connectivity index (χ2v) is 4.72. The molecule has 0 bridgehead atoms. The van der Waals surface area contributed by atoms with E-state index in [2.05, 4.69) is 10.3 Å². The molecule has 100 valence electrons. The standard InChI is InChI=1S/C11H17N3O4/c1-6(2)14-11(3,4)9-12-7(5-18-9)8(15)13-10(16)17/h5-6,14H,1-4H3,(H,13,15)(H,16,17). The lowest BCUT2D eigenvalue weighted by molar-refractivity contribution is 0.0943. The molecule has 7 heteroatoms. The maximum Gasteiger partial charge on any atom is 0.411 e. The van der Waals surface area contributed by atoms with Crippen molar-refractivity contribution < 1.29 is 19.1 Å². The lowest BCUT2D eigenvalue weighted by Crippen LogP contribution is -2.41. The van der Waals surface area contributed by atoms with Crippen molar-refractivity contribution in [3.05, 3.63) is 17.8 Å². The maximum atomic E-state index is 11.4. The summed E-state index contributed by atoms with van der Waals surface area (Å²) in [6.45, 7) is 7.67. The van der Waals surface area contributed by atoms with Gasteiger partial charge in [0.1, 0.15) is 6.26 Å². The van der Waals surface area contributed by atoms with Crippen LogP contribution in [-0.4, -0.2) is 28.1 Å². The second kappa shape index (κ2) is 5.18. The molecule has 0 aliphatic rings. The average molecular weight is 255 g/mol. The highest BCUT2D eigenvalue weighted by Crippen LogP contribution is 2.19. The van der Waals surface area contributed by atoms with Crippen molar-refractivity contribution in [2.75, 3.05) is 0 Å². The molecule has 3 N–H and O–H groups in total. The number of oxazole rings is 1. The van der Waals surface area contributed by atoms with E-state index in [1.807, 2.05) is 27.7 Å². The summed E-state index contributed by atoms with van der Waals surface area (Å²) in [5.41, 5.74) is -0.610. The number of aromatic nitrogens is 1. The molecule has 0 fully saturated rings. The molecule has 2 amide bonds. The van der Waals surface area contributed by atoms with E-state index < -0.39 is 17.5 Å². The van der Waals surface area contributed by atoms with Gasteiger partial charge in [0.15, 0.2) is 5.69 Å². The van der Waals surface area contributed by atoms with E-state index >= 15 is 0 Å². The van der Waals surface area contributed by atoms with Crippen LogP contribution in [0.2, 0.25) is 0 Å². The molecule has 1 rings (SSSR count). The highest BCUT2D eigenvalue weighted by Gasteiger charge is 2.28. The number of carbonyl (C=O) groups excluding carboxylic acids is 1. The largest absolute Gasteiger partial charge is 0.465 e. The Labute approximate surface area is 105 Å². The Kier molecular flexibility index (Phi) is 4.07. The molecule has 0 aliphatic heterocycles. The first kappa shape index (κ1) is 14.2. The molecular formula is C11H17N3O4. The summed E-state index contributed by atoms with van der Waals surface area (Å²) >= 11 is 0. The Balaban J connectivity index is 2.85. The van der Waals surface area contributed by atoms with Crippen molar-refractivity contribution in [1.29, 1.82) is 0 Å². The number of amides is 2. The van der Waals surface area contributed by atoms with Crippen LogP contribution < -0.4 is 10.6 Å². The van der Waals surface area contributed by atoms with Crippen molar-refractivity contribution in [2.45, 2.75) is 39.3 Å². The van der Waals surface area contributed by atoms with Crippen molar-refractivity contribution in [3.63, 3.8) is 0 Å². The second-order valence-electron chi connectivity index (χ2n) is 4.72. The minimum atomic E-state index is -1.43. The first-order valence-corrected chi connectivity index (χ1v) is 5.50. The predicted octanol–water partition coefficient (Wildman–Crippen LogP) is 1.32. The van der Waals surface area contributed by atoms with Gasteiger partial charge in [-0.25, -0.2) is 9.78 Å². The van der Waals surface area contributed by atoms with Crippen LogP contribution in [0.3, 0.4) is 0 Å². The Morgan fingerprint density at radius 3 is 2.56 bits per heavy atom. The summed E-state index contributed by atoms with van der Waals surface area (Å²) in [6.07, 6.45) is -0.290. The van der Waals surface area contributed by atoms with Gasteiger partial charge in [-0.1, -0.05) is 0 Å². The maximum absolute atomic E-state index is 11.4. The predicted molar refractivity (Wildman–Crippen MR) is 63.3 cm³/mol. The fourth-order valence-corrected chi connectivity index (χ4v) is 1.61. The van der Waals surface area contributed by atoms with Crippen molar-refractivity contribution in [3.8, 4) is 0 Å². The average Bonchev–Trinajstić information content (AvgIpc) is 2.62. The van der Waals surface area contributed by atoms with Crippen LogP contribution >= 0.6 is 0 Å². The highest BCUT2D eigenvalue weighted by atomic mass is 16.4. The highest BCUT2D eigenvalue weighted by molar-refractivity contribution is 6.00. The van der Waals surface area contributed by atoms with Crippen LogP contribution in [0.15, 0.2) is 10.7 Å². The quantitative estimate of drug-likeness (QED) is 0.749. The fraction of sp³-hybridized carbons (Fsp3) is 0.545. The van der Waals surface area contributed by atoms with Gasteiger partial charge in [0, 0.05) is 6.04 Å². The van der Waals surface area contributed by atoms with Crippen LogP contribution in [0, 0.1) is 0 Å². The van der Waals surface area contributed by atoms with Gasteiger partial charge in [-0.05, 0) is 27.7 Å². The summed E-state index contributed by atoms with van der Waals surface area (Å²) in [6, 6.07) is 0.211. The van der Waals surface area contributed by atoms with Crippen molar-refractivity contribution in [2.24, 2.45) is 0 Å². The van der Waals surface area contributed by atoms with E-state index in [1.165, 1.54) is 0 Å². The molecule has 0 spiro atoms. The molecule has 7 nitrogen and oxygen atoms in total. The number of hydrogen-bond acceptors (Lipinski definition) is 5. The van der Waals surface area contributed by atoms with Gasteiger partial charge in [-0.15, -0.1) is 0 Å². The van der Waals surface area contributed by atoms with Crippen LogP contribution in [0.4, 0.5) is 4.79 Å². The van der Waals surface area contributed by atoms with E-state index in [-0.39, 0.29) is 11.7 Å². The van der Waals surface area contributed by atoms with Crippen LogP contribution in [0.25, 0.3) is 0 Å². The van der Waals surface area contributed by atoms with Gasteiger partial charge >= 0.3 is 6.09 Å². The van der Waals surface area contributed by atoms with E-state index in [1.54, 1.807) is 5.32 Å². The van der Waals surface area contributed by atoms with Crippen LogP contribution in [0.5, 0.6) is 0 Å². The Bertz CT molecular complexity index is 451. The molecule has 1 heterocycles. The van der Waals surface area contributed by atoms with Crippen LogP contribution in [0.1, 0.15) is 44.1 Å². The van der Waals surface area contributed by atoms with Crippen LogP contribution in [-0.2, 0) is 5.54 Å². The van der Waals surface area contributed by atoms with Crippen molar-refractivity contribution in [1.82, 2.24) is 15.6 Å². The number of hydrogen-bond donors (Lipinski definition) is 3. The van der Waals surface area contributed by atoms with Gasteiger partial charge in [0.05, 0.1) is 5.54 Å². The molecule has 0 aromatic carbocycles. The summed E-state index contributed by atoms with van der Waals surface area (Å²) in [5.74, 6) is -0.482. The number of imide groups is 1. The smallest absolute Gasteiger partial charge is 0.411 e. The summed E-state index contributed by atoms with van der Waals surface area (Å²) in [7, 11) is 0. The SMILES string of the molecule is CC(C)NC(C)(C)c1nc(C(=O)NC(=O)O)co1. The number of carboxylic acid groups (broad SMARTS) is 1. The van der Waals surface area contributed by atoms with E-state index in [0.29, 0.717) is 5.89 Å². The van der Waals surface area contributed by atoms with Crippen molar-refractivity contribution >= 4 is 12.0 Å². The minimum Gasteiger partial charge on any atom is -0.465 e. The molecule has 0 radical (unpaired) electrons. The van der Waals surface area contributed by atoms with E-state index in [9.17, 15) is 9.59 Å². The monoisotopic (exact) mass is 255 g/mol. The third kappa shape index (κ3) is 3.56. The lowest BCUT2D eigenvalue weighted by atomic mass is 10.0. The Hall–Kier alpha value is -1.89. The molecule has 0 saturated heterocycles. The molecular weight excluding hydrogens is 238 g/mol. The lowest BCUT2D eigenvalue weighted by Gasteiger charge is -2.25. The number of carbonyl (C=O) groups is 2. The first-order valence-electron chi connectivity index (χ1n) is 5.50. The van der Waals surface area contributed by atoms with Gasteiger partial charge in [-0.3, -0.25) is 10.1 Å². The Morgan fingerprint density at radius 2 is 2.06 bits per heavy atom. The zero-order chi connectivity index (χ0) is 13.9. The summed E-state index contributed by atoms with van der Waals surface area (Å²) in [5, 5.41) is 13.4. The molecule has 0 unspecified atom stereocenters. The number of rotatable bonds is 4. The number of nitrogens with one attached hydrogen (secondary N) is 2. The number of nitrogens with zero attached hydrogens (tertiary/aromatic N) is 1. The zero-order valence-corrected chi connectivity index (χ0v) is 10.8. The van der Waals surface area contributed by atoms with E-state index in [0.717, 1.165) is 6.26 Å². The Morgan fingerprint density at radius 1 is 1.44 bits per heavy atom. The molecule has 18 heavy (non-hydrogen) atoms. The van der Waals surface area contributed by atoms with Gasteiger partial charge in [0.25, 0.3) is 5.91 Å². The fourth-order valence-electron chi connectivity index (χ4n) is 1.61. The summed E-state index contributed by atoms with van der Waals surface area (Å²) in [4.78, 5) is 25.7. The topological polar surface area (TPSA) is 104 Å². The van der Waals surface area contributed by atoms with Gasteiger partial charge in [0.2, 0.25) is 5.89 Å². The summed E-state index contributed by atoms with van der Waals surface area (Å²) < 4.78 is 5.21. The van der Waals surface area contributed by atoms with Gasteiger partial charge in [-0.2, -0.15) is 0 Å². The minimum absolute atomic E-state index is 0.0639. The molecule has 0 saturated carbocycles. The molecule has 0 atom stereocenters. The molecule has 1 aromatic heterocycles. The first-order chi connectivity index (χ1) is 8.22. The zero-order valence-electron chi connectivity index (χ0n) is 10.8. The normalized spacial score (nSPS) is 11.6. The molecule has 1 aromatic rings. The van der Waals surface area contributed by atoms with Gasteiger partial charge < -0.3 is 14.8 Å². The molecule has 0 aliphatic carbocycles. The van der Waals surface area contributed by atoms with E-state index in [4.69, 9.17) is 9.52 Å². The third-order valence-corrected chi connectivity index (χ3v) is 2.14. The third-order valence-electron chi connectivity index (χ3n) is 2.14.